The lowest BCUT2D eigenvalue weighted by Crippen LogP contribution is -2.14. The smallest absolute Gasteiger partial charge is 0.256 e. The first-order valence-electron chi connectivity index (χ1n) is 6.16. The van der Waals surface area contributed by atoms with Crippen molar-refractivity contribution in [2.75, 3.05) is 5.32 Å². The maximum Gasteiger partial charge on any atom is 0.256 e. The number of hydrogen-bond acceptors (Lipinski definition) is 3. The number of anilines is 1. The maximum atomic E-state index is 12.1. The largest absolute Gasteiger partial charge is 0.324 e. The molecule has 0 bridgehead atoms. The van der Waals surface area contributed by atoms with Gasteiger partial charge in [-0.3, -0.25) is 4.79 Å². The lowest BCUT2D eigenvalue weighted by atomic mass is 10.1. The summed E-state index contributed by atoms with van der Waals surface area (Å²) in [5, 5.41) is 2.78. The molecule has 0 aliphatic carbocycles. The van der Waals surface area contributed by atoms with Gasteiger partial charge in [-0.2, -0.15) is 0 Å². The summed E-state index contributed by atoms with van der Waals surface area (Å²) < 4.78 is 0. The number of rotatable bonds is 3. The Bertz CT molecular complexity index is 593. The first-order valence-corrected chi connectivity index (χ1v) is 6.16. The van der Waals surface area contributed by atoms with Gasteiger partial charge < -0.3 is 11.1 Å². The van der Waals surface area contributed by atoms with E-state index in [1.807, 2.05) is 38.1 Å². The fraction of sp³-hybridized carbons (Fsp3) is 0.200. The van der Waals surface area contributed by atoms with Gasteiger partial charge in [-0.15, -0.1) is 0 Å². The predicted molar refractivity (Wildman–Crippen MR) is 76.0 cm³/mol. The summed E-state index contributed by atoms with van der Waals surface area (Å²) in [4.78, 5) is 16.2. The Kier molecular flexibility index (Phi) is 3.92. The molecule has 0 fully saturated rings. The lowest BCUT2D eigenvalue weighted by Gasteiger charge is -2.09. The zero-order valence-electron chi connectivity index (χ0n) is 11.1. The van der Waals surface area contributed by atoms with Crippen molar-refractivity contribution in [3.8, 4) is 0 Å². The highest BCUT2D eigenvalue weighted by Gasteiger charge is 2.08. The minimum atomic E-state index is -0.168. The Labute approximate surface area is 112 Å². The van der Waals surface area contributed by atoms with Crippen molar-refractivity contribution >= 4 is 11.7 Å². The highest BCUT2D eigenvalue weighted by Crippen LogP contribution is 2.14. The Morgan fingerprint density at radius 2 is 2.11 bits per heavy atom. The zero-order valence-corrected chi connectivity index (χ0v) is 11.1. The molecule has 0 aliphatic rings. The fourth-order valence-corrected chi connectivity index (χ4v) is 1.77. The summed E-state index contributed by atoms with van der Waals surface area (Å²) in [5.41, 5.74) is 8.41. The number of carbonyl (C=O) groups excluding carboxylic acids is 1. The zero-order chi connectivity index (χ0) is 13.8. The molecule has 0 aliphatic heterocycles. The Morgan fingerprint density at radius 1 is 1.32 bits per heavy atom. The lowest BCUT2D eigenvalue weighted by molar-refractivity contribution is 0.102. The minimum absolute atomic E-state index is 0.0855. The van der Waals surface area contributed by atoms with E-state index < -0.39 is 0 Å². The summed E-state index contributed by atoms with van der Waals surface area (Å²) in [6.45, 7) is 3.84. The van der Waals surface area contributed by atoms with Crippen LogP contribution in [0, 0.1) is 6.92 Å². The van der Waals surface area contributed by atoms with Crippen LogP contribution in [-0.4, -0.2) is 10.9 Å². The second-order valence-corrected chi connectivity index (χ2v) is 4.59. The number of aromatic nitrogens is 1. The molecule has 0 saturated heterocycles. The number of aryl methyl sites for hydroxylation is 1. The highest BCUT2D eigenvalue weighted by molar-refractivity contribution is 6.03. The second kappa shape index (κ2) is 5.63. The van der Waals surface area contributed by atoms with Crippen molar-refractivity contribution in [2.45, 2.75) is 19.9 Å². The molecule has 1 unspecified atom stereocenters. The van der Waals surface area contributed by atoms with Crippen molar-refractivity contribution in [3.63, 3.8) is 0 Å². The molecular weight excluding hydrogens is 238 g/mol. The Hall–Kier alpha value is -2.20. The van der Waals surface area contributed by atoms with E-state index in [0.29, 0.717) is 11.4 Å². The molecule has 3 N–H and O–H groups in total. The molecule has 19 heavy (non-hydrogen) atoms. The van der Waals surface area contributed by atoms with E-state index in [9.17, 15) is 4.79 Å². The van der Waals surface area contributed by atoms with Crippen molar-refractivity contribution in [2.24, 2.45) is 5.73 Å². The SMILES string of the molecule is Cc1cccc(C(=O)Nc2cc(C(C)N)ccn2)c1. The molecule has 1 atom stereocenters. The van der Waals surface area contributed by atoms with Gasteiger partial charge in [-0.1, -0.05) is 17.7 Å². The van der Waals surface area contributed by atoms with Crippen LogP contribution in [0.25, 0.3) is 0 Å². The molecule has 1 aromatic carbocycles. The van der Waals surface area contributed by atoms with Crippen LogP contribution in [0.3, 0.4) is 0 Å². The number of nitrogens with two attached hydrogens (primary N) is 1. The van der Waals surface area contributed by atoms with Crippen LogP contribution >= 0.6 is 0 Å². The monoisotopic (exact) mass is 255 g/mol. The van der Waals surface area contributed by atoms with Crippen LogP contribution in [0.4, 0.5) is 5.82 Å². The summed E-state index contributed by atoms with van der Waals surface area (Å²) in [6.07, 6.45) is 1.64. The van der Waals surface area contributed by atoms with Crippen LogP contribution in [0.5, 0.6) is 0 Å². The molecule has 2 rings (SSSR count). The average Bonchev–Trinajstić information content (AvgIpc) is 2.39. The van der Waals surface area contributed by atoms with Gasteiger partial charge in [0.25, 0.3) is 5.91 Å². The predicted octanol–water partition coefficient (Wildman–Crippen LogP) is 2.66. The van der Waals surface area contributed by atoms with Crippen LogP contribution in [0.15, 0.2) is 42.6 Å². The topological polar surface area (TPSA) is 68.0 Å². The van der Waals surface area contributed by atoms with Crippen LogP contribution in [0.1, 0.15) is 34.5 Å². The summed E-state index contributed by atoms with van der Waals surface area (Å²) >= 11 is 0. The van der Waals surface area contributed by atoms with Crippen molar-refractivity contribution in [3.05, 3.63) is 59.3 Å². The molecule has 1 heterocycles. The molecule has 0 spiro atoms. The van der Waals surface area contributed by atoms with Gasteiger partial charge in [-0.05, 0) is 43.7 Å². The van der Waals surface area contributed by atoms with E-state index in [4.69, 9.17) is 5.73 Å². The maximum absolute atomic E-state index is 12.1. The van der Waals surface area contributed by atoms with E-state index in [1.54, 1.807) is 18.3 Å². The molecule has 0 saturated carbocycles. The van der Waals surface area contributed by atoms with E-state index in [2.05, 4.69) is 10.3 Å². The molecular formula is C15H17N3O. The van der Waals surface area contributed by atoms with Gasteiger partial charge in [0.2, 0.25) is 0 Å². The van der Waals surface area contributed by atoms with Crippen molar-refractivity contribution < 1.29 is 4.79 Å². The van der Waals surface area contributed by atoms with Crippen molar-refractivity contribution in [1.82, 2.24) is 4.98 Å². The van der Waals surface area contributed by atoms with Crippen LogP contribution < -0.4 is 11.1 Å². The molecule has 2 aromatic rings. The standard InChI is InChI=1S/C15H17N3O/c1-10-4-3-5-13(8-10)15(19)18-14-9-12(11(2)16)6-7-17-14/h3-9,11H,16H2,1-2H3,(H,17,18,19). The van der Waals surface area contributed by atoms with E-state index >= 15 is 0 Å². The molecule has 98 valence electrons. The minimum Gasteiger partial charge on any atom is -0.324 e. The quantitative estimate of drug-likeness (QED) is 0.886. The first-order chi connectivity index (χ1) is 9.06. The second-order valence-electron chi connectivity index (χ2n) is 4.59. The fourth-order valence-electron chi connectivity index (χ4n) is 1.77. The summed E-state index contributed by atoms with van der Waals surface area (Å²) in [5.74, 6) is 0.347. The number of pyridine rings is 1. The number of nitrogens with one attached hydrogen (secondary N) is 1. The van der Waals surface area contributed by atoms with E-state index in [1.165, 1.54) is 0 Å². The molecule has 1 amide bonds. The van der Waals surface area contributed by atoms with Gasteiger partial charge >= 0.3 is 0 Å². The summed E-state index contributed by atoms with van der Waals surface area (Å²) in [6, 6.07) is 11.0. The normalized spacial score (nSPS) is 11.9. The Balaban J connectivity index is 2.17. The number of carbonyl (C=O) groups is 1. The Morgan fingerprint density at radius 3 is 2.79 bits per heavy atom. The summed E-state index contributed by atoms with van der Waals surface area (Å²) in [7, 11) is 0. The van der Waals surface area contributed by atoms with Gasteiger partial charge in [0.15, 0.2) is 0 Å². The molecule has 4 nitrogen and oxygen atoms in total. The third kappa shape index (κ3) is 3.39. The van der Waals surface area contributed by atoms with Gasteiger partial charge in [0, 0.05) is 17.8 Å². The third-order valence-corrected chi connectivity index (χ3v) is 2.83. The number of benzene rings is 1. The van der Waals surface area contributed by atoms with Gasteiger partial charge in [-0.25, -0.2) is 4.98 Å². The first kappa shape index (κ1) is 13.2. The highest BCUT2D eigenvalue weighted by atomic mass is 16.1. The molecule has 0 radical (unpaired) electrons. The number of amides is 1. The van der Waals surface area contributed by atoms with E-state index in [-0.39, 0.29) is 11.9 Å². The van der Waals surface area contributed by atoms with Crippen LogP contribution in [-0.2, 0) is 0 Å². The number of hydrogen-bond donors (Lipinski definition) is 2. The molecule has 4 heteroatoms. The van der Waals surface area contributed by atoms with Gasteiger partial charge in [0.05, 0.1) is 0 Å². The average molecular weight is 255 g/mol. The number of nitrogens with zero attached hydrogens (tertiary/aromatic N) is 1. The third-order valence-electron chi connectivity index (χ3n) is 2.83. The van der Waals surface area contributed by atoms with E-state index in [0.717, 1.165) is 11.1 Å². The molecule has 1 aromatic heterocycles. The van der Waals surface area contributed by atoms with Crippen molar-refractivity contribution in [1.29, 1.82) is 0 Å². The van der Waals surface area contributed by atoms with Gasteiger partial charge in [0.1, 0.15) is 5.82 Å². The van der Waals surface area contributed by atoms with Crippen LogP contribution in [0.2, 0.25) is 0 Å².